The lowest BCUT2D eigenvalue weighted by Crippen LogP contribution is -2.34. The average Bonchev–Trinajstić information content (AvgIpc) is 3.65. The number of rotatable bonds is 9. The van der Waals surface area contributed by atoms with Gasteiger partial charge >= 0.3 is 6.18 Å². The molecule has 42 heavy (non-hydrogen) atoms. The van der Waals surface area contributed by atoms with Crippen LogP contribution in [-0.2, 0) is 12.7 Å². The molecule has 0 saturated heterocycles. The third-order valence-corrected chi connectivity index (χ3v) is 8.24. The summed E-state index contributed by atoms with van der Waals surface area (Å²) in [7, 11) is 0. The van der Waals surface area contributed by atoms with Crippen LogP contribution in [0.4, 0.5) is 19.0 Å². The van der Waals surface area contributed by atoms with Crippen molar-refractivity contribution in [3.8, 4) is 0 Å². The van der Waals surface area contributed by atoms with Crippen LogP contribution in [0.15, 0.2) is 73.1 Å². The van der Waals surface area contributed by atoms with Gasteiger partial charge in [0.2, 0.25) is 5.65 Å². The zero-order valence-electron chi connectivity index (χ0n) is 23.1. The third kappa shape index (κ3) is 6.30. The Bertz CT molecular complexity index is 1620. The molecule has 0 bridgehead atoms. The summed E-state index contributed by atoms with van der Waals surface area (Å²) < 4.78 is 41.4. The van der Waals surface area contributed by atoms with E-state index in [-0.39, 0.29) is 12.5 Å². The second kappa shape index (κ2) is 11.9. The molecule has 1 fully saturated rings. The molecule has 0 radical (unpaired) electrons. The lowest BCUT2D eigenvalue weighted by Gasteiger charge is -2.30. The quantitative estimate of drug-likeness (QED) is 0.198. The summed E-state index contributed by atoms with van der Waals surface area (Å²) in [4.78, 5) is 4.29. The monoisotopic (exact) mass is 574 g/mol. The van der Waals surface area contributed by atoms with Crippen LogP contribution >= 0.6 is 0 Å². The molecule has 1 unspecified atom stereocenters. The number of alkyl halides is 3. The predicted octanol–water partition coefficient (Wildman–Crippen LogP) is 6.04. The van der Waals surface area contributed by atoms with Crippen LogP contribution in [0.1, 0.15) is 71.8 Å². The van der Waals surface area contributed by atoms with E-state index in [0.29, 0.717) is 34.5 Å². The Morgan fingerprint density at radius 2 is 1.81 bits per heavy atom. The SMILES string of the molecule is Nc1cc(C(CCNC2CCC(c3ccccc3)CC2)c2cnn(Cc3cccc(C(F)(F)F)c3)c2)c2n[nH]nc2n1. The summed E-state index contributed by atoms with van der Waals surface area (Å²) in [6.45, 7) is 0.989. The van der Waals surface area contributed by atoms with Gasteiger partial charge in [-0.3, -0.25) is 4.68 Å². The van der Waals surface area contributed by atoms with Crippen molar-refractivity contribution in [3.05, 3.63) is 101 Å². The van der Waals surface area contributed by atoms with E-state index in [1.54, 1.807) is 16.9 Å². The Hall–Kier alpha value is -4.25. The van der Waals surface area contributed by atoms with Gasteiger partial charge in [0.1, 0.15) is 11.3 Å². The number of hydrogen-bond donors (Lipinski definition) is 3. The molecule has 2 aromatic carbocycles. The van der Waals surface area contributed by atoms with Crippen LogP contribution in [0.3, 0.4) is 0 Å². The fourth-order valence-corrected chi connectivity index (χ4v) is 6.11. The fraction of sp³-hybridized carbons (Fsp3) is 0.355. The van der Waals surface area contributed by atoms with Gasteiger partial charge in [0.25, 0.3) is 0 Å². The highest BCUT2D eigenvalue weighted by Gasteiger charge is 2.30. The van der Waals surface area contributed by atoms with Crippen molar-refractivity contribution in [2.45, 2.75) is 62.7 Å². The van der Waals surface area contributed by atoms with Gasteiger partial charge in [0.05, 0.1) is 18.3 Å². The van der Waals surface area contributed by atoms with Gasteiger partial charge in [-0.1, -0.05) is 42.5 Å². The topological polar surface area (TPSA) is 110 Å². The first kappa shape index (κ1) is 27.9. The highest BCUT2D eigenvalue weighted by atomic mass is 19.4. The number of hydrogen-bond acceptors (Lipinski definition) is 6. The zero-order valence-corrected chi connectivity index (χ0v) is 23.1. The first-order valence-electron chi connectivity index (χ1n) is 14.3. The highest BCUT2D eigenvalue weighted by Crippen LogP contribution is 2.35. The van der Waals surface area contributed by atoms with Gasteiger partial charge < -0.3 is 11.1 Å². The maximum atomic E-state index is 13.2. The molecule has 11 heteroatoms. The van der Waals surface area contributed by atoms with Crippen LogP contribution in [0.25, 0.3) is 11.2 Å². The number of nitrogen functional groups attached to an aromatic ring is 1. The van der Waals surface area contributed by atoms with E-state index in [0.717, 1.165) is 61.9 Å². The summed E-state index contributed by atoms with van der Waals surface area (Å²) >= 11 is 0. The van der Waals surface area contributed by atoms with E-state index in [1.165, 1.54) is 11.6 Å². The van der Waals surface area contributed by atoms with E-state index in [2.05, 4.69) is 61.1 Å². The maximum absolute atomic E-state index is 13.2. The van der Waals surface area contributed by atoms with Crippen LogP contribution < -0.4 is 11.1 Å². The van der Waals surface area contributed by atoms with E-state index < -0.39 is 11.7 Å². The van der Waals surface area contributed by atoms with Crippen molar-refractivity contribution in [2.24, 2.45) is 0 Å². The summed E-state index contributed by atoms with van der Waals surface area (Å²) in [6, 6.07) is 18.3. The summed E-state index contributed by atoms with van der Waals surface area (Å²) in [5.41, 5.74) is 10.3. The number of nitrogens with zero attached hydrogens (tertiary/aromatic N) is 5. The van der Waals surface area contributed by atoms with Gasteiger partial charge in [0, 0.05) is 18.2 Å². The predicted molar refractivity (Wildman–Crippen MR) is 155 cm³/mol. The van der Waals surface area contributed by atoms with Crippen LogP contribution in [0, 0.1) is 0 Å². The van der Waals surface area contributed by atoms with Crippen LogP contribution in [0.5, 0.6) is 0 Å². The minimum Gasteiger partial charge on any atom is -0.384 e. The highest BCUT2D eigenvalue weighted by molar-refractivity contribution is 5.77. The number of aromatic amines is 1. The number of halogens is 3. The number of fused-ring (bicyclic) bond motifs is 1. The van der Waals surface area contributed by atoms with Gasteiger partial charge in [-0.15, -0.1) is 5.10 Å². The molecular weight excluding hydrogens is 541 g/mol. The minimum absolute atomic E-state index is 0.119. The molecule has 5 aromatic rings. The first-order chi connectivity index (χ1) is 20.3. The zero-order chi connectivity index (χ0) is 29.1. The normalized spacial score (nSPS) is 18.4. The number of benzene rings is 2. The van der Waals surface area contributed by atoms with Crippen molar-refractivity contribution in [1.29, 1.82) is 0 Å². The molecular formula is C31H33F3N8. The third-order valence-electron chi connectivity index (χ3n) is 8.24. The Balaban J connectivity index is 1.18. The Morgan fingerprint density at radius 1 is 1.00 bits per heavy atom. The molecule has 0 aliphatic heterocycles. The molecule has 1 atom stereocenters. The van der Waals surface area contributed by atoms with E-state index in [4.69, 9.17) is 5.73 Å². The number of anilines is 1. The van der Waals surface area contributed by atoms with Gasteiger partial charge in [-0.25, -0.2) is 4.98 Å². The second-order valence-electron chi connectivity index (χ2n) is 11.1. The average molecular weight is 575 g/mol. The standard InChI is InChI=1S/C31H33F3N8/c32-31(33,34)24-8-4-5-20(15-24)18-42-19-23(17-37-42)26(27-16-28(35)38-30-29(27)39-41-40-30)13-14-36-25-11-9-22(10-12-25)21-6-2-1-3-7-21/h1-8,15-17,19,22,25-26,36H,9-14,18H2,(H3,35,38,39,40,41). The number of pyridine rings is 1. The molecule has 8 nitrogen and oxygen atoms in total. The molecule has 1 saturated carbocycles. The first-order valence-corrected chi connectivity index (χ1v) is 14.3. The number of nitrogens with one attached hydrogen (secondary N) is 2. The van der Waals surface area contributed by atoms with Gasteiger partial charge in [0.15, 0.2) is 0 Å². The molecule has 3 aromatic heterocycles. The van der Waals surface area contributed by atoms with Gasteiger partial charge in [-0.2, -0.15) is 28.6 Å². The van der Waals surface area contributed by atoms with Crippen molar-refractivity contribution in [3.63, 3.8) is 0 Å². The number of nitrogens with two attached hydrogens (primary N) is 1. The van der Waals surface area contributed by atoms with Crippen molar-refractivity contribution in [2.75, 3.05) is 12.3 Å². The van der Waals surface area contributed by atoms with Crippen molar-refractivity contribution < 1.29 is 13.2 Å². The fourth-order valence-electron chi connectivity index (χ4n) is 6.11. The Labute approximate surface area is 241 Å². The molecule has 3 heterocycles. The largest absolute Gasteiger partial charge is 0.416 e. The van der Waals surface area contributed by atoms with Crippen LogP contribution in [0.2, 0.25) is 0 Å². The number of aromatic nitrogens is 6. The molecule has 0 amide bonds. The molecule has 0 spiro atoms. The molecule has 6 rings (SSSR count). The van der Waals surface area contributed by atoms with Gasteiger partial charge in [-0.05, 0) is 85.0 Å². The van der Waals surface area contributed by atoms with Crippen LogP contribution in [-0.4, -0.2) is 42.8 Å². The minimum atomic E-state index is -4.39. The molecule has 1 aliphatic carbocycles. The lowest BCUT2D eigenvalue weighted by molar-refractivity contribution is -0.137. The summed E-state index contributed by atoms with van der Waals surface area (Å²) in [5, 5.41) is 19.4. The smallest absolute Gasteiger partial charge is 0.384 e. The lowest BCUT2D eigenvalue weighted by atomic mass is 9.81. The molecule has 4 N–H and O–H groups in total. The van der Waals surface area contributed by atoms with Crippen molar-refractivity contribution in [1.82, 2.24) is 35.5 Å². The second-order valence-corrected chi connectivity index (χ2v) is 11.1. The summed E-state index contributed by atoms with van der Waals surface area (Å²) in [5.74, 6) is 0.839. The molecule has 1 aliphatic rings. The Kier molecular flexibility index (Phi) is 7.92. The number of H-pyrrole nitrogens is 1. The van der Waals surface area contributed by atoms with E-state index >= 15 is 0 Å². The molecule has 218 valence electrons. The summed E-state index contributed by atoms with van der Waals surface area (Å²) in [6.07, 6.45) is 4.57. The van der Waals surface area contributed by atoms with E-state index in [1.807, 2.05) is 12.3 Å². The Morgan fingerprint density at radius 3 is 2.60 bits per heavy atom. The van der Waals surface area contributed by atoms with Crippen molar-refractivity contribution >= 4 is 17.0 Å². The van der Waals surface area contributed by atoms with E-state index in [9.17, 15) is 13.2 Å². The maximum Gasteiger partial charge on any atom is 0.416 e.